The Bertz CT molecular complexity index is 649. The summed E-state index contributed by atoms with van der Waals surface area (Å²) in [4.78, 5) is 11.7. The van der Waals surface area contributed by atoms with Crippen molar-refractivity contribution in [2.75, 3.05) is 7.11 Å². The number of nitrogens with one attached hydrogen (secondary N) is 1. The molecule has 0 fully saturated rings. The number of aromatic nitrogens is 2. The Morgan fingerprint density at radius 1 is 1.50 bits per heavy atom. The van der Waals surface area contributed by atoms with Crippen molar-refractivity contribution in [2.24, 2.45) is 12.1 Å². The second-order valence-electron chi connectivity index (χ2n) is 4.00. The Morgan fingerprint density at radius 3 is 2.95 bits per heavy atom. The Morgan fingerprint density at radius 2 is 2.30 bits per heavy atom. The van der Waals surface area contributed by atoms with Crippen LogP contribution in [0.4, 0.5) is 0 Å². The maximum absolute atomic E-state index is 11.7. The van der Waals surface area contributed by atoms with E-state index in [4.69, 9.17) is 4.74 Å². The monoisotopic (exact) mass is 274 g/mol. The van der Waals surface area contributed by atoms with Gasteiger partial charge in [-0.15, -0.1) is 0 Å². The molecule has 2 N–H and O–H groups in total. The third kappa shape index (κ3) is 3.14. The van der Waals surface area contributed by atoms with E-state index in [-0.39, 0.29) is 11.4 Å². The lowest BCUT2D eigenvalue weighted by Gasteiger charge is -2.02. The zero-order chi connectivity index (χ0) is 14.5. The van der Waals surface area contributed by atoms with Gasteiger partial charge in [-0.1, -0.05) is 0 Å². The van der Waals surface area contributed by atoms with Gasteiger partial charge in [0.05, 0.1) is 13.3 Å². The molecule has 0 unspecified atom stereocenters. The summed E-state index contributed by atoms with van der Waals surface area (Å²) in [5.41, 5.74) is 3.03. The molecule has 0 spiro atoms. The summed E-state index contributed by atoms with van der Waals surface area (Å²) in [7, 11) is 3.24. The number of methoxy groups -OCH3 is 1. The van der Waals surface area contributed by atoms with Gasteiger partial charge in [0.15, 0.2) is 5.69 Å². The number of aromatic hydroxyl groups is 1. The van der Waals surface area contributed by atoms with Gasteiger partial charge < -0.3 is 9.84 Å². The summed E-state index contributed by atoms with van der Waals surface area (Å²) in [6, 6.07) is 6.29. The second-order valence-corrected chi connectivity index (χ2v) is 4.00. The zero-order valence-electron chi connectivity index (χ0n) is 11.1. The molecular formula is C13H14N4O3. The molecule has 0 atom stereocenters. The van der Waals surface area contributed by atoms with E-state index in [1.807, 2.05) is 0 Å². The van der Waals surface area contributed by atoms with Crippen LogP contribution in [0.25, 0.3) is 0 Å². The average molecular weight is 274 g/mol. The molecule has 0 bridgehead atoms. The lowest BCUT2D eigenvalue weighted by Crippen LogP contribution is -2.18. The van der Waals surface area contributed by atoms with E-state index >= 15 is 0 Å². The summed E-state index contributed by atoms with van der Waals surface area (Å²) in [6.07, 6.45) is 2.99. The van der Waals surface area contributed by atoms with Crippen molar-refractivity contribution in [3.05, 3.63) is 41.7 Å². The molecule has 0 aliphatic heterocycles. The van der Waals surface area contributed by atoms with Crippen LogP contribution in [0, 0.1) is 0 Å². The quantitative estimate of drug-likeness (QED) is 0.640. The number of aryl methyl sites for hydroxylation is 1. The van der Waals surface area contributed by atoms with E-state index in [1.54, 1.807) is 31.4 Å². The summed E-state index contributed by atoms with van der Waals surface area (Å²) in [5, 5.41) is 17.4. The molecule has 20 heavy (non-hydrogen) atoms. The fourth-order valence-electron chi connectivity index (χ4n) is 1.52. The number of hydrazone groups is 1. The Kier molecular flexibility index (Phi) is 3.99. The third-order valence-electron chi connectivity index (χ3n) is 2.55. The van der Waals surface area contributed by atoms with Gasteiger partial charge in [0, 0.05) is 18.8 Å². The van der Waals surface area contributed by atoms with Crippen molar-refractivity contribution in [3.8, 4) is 11.5 Å². The lowest BCUT2D eigenvalue weighted by atomic mass is 10.2. The highest BCUT2D eigenvalue weighted by molar-refractivity contribution is 5.93. The molecular weight excluding hydrogens is 260 g/mol. The number of amides is 1. The van der Waals surface area contributed by atoms with Crippen LogP contribution in [0.3, 0.4) is 0 Å². The molecule has 104 valence electrons. The van der Waals surface area contributed by atoms with E-state index in [0.717, 1.165) is 0 Å². The number of phenols is 1. The van der Waals surface area contributed by atoms with Crippen molar-refractivity contribution < 1.29 is 14.6 Å². The summed E-state index contributed by atoms with van der Waals surface area (Å²) in [6.45, 7) is 0. The molecule has 0 aliphatic carbocycles. The van der Waals surface area contributed by atoms with Crippen LogP contribution in [-0.4, -0.2) is 34.1 Å². The van der Waals surface area contributed by atoms with E-state index < -0.39 is 5.91 Å². The van der Waals surface area contributed by atoms with Crippen molar-refractivity contribution >= 4 is 12.1 Å². The van der Waals surface area contributed by atoms with Crippen molar-refractivity contribution in [3.63, 3.8) is 0 Å². The van der Waals surface area contributed by atoms with Crippen LogP contribution in [0.15, 0.2) is 35.6 Å². The summed E-state index contributed by atoms with van der Waals surface area (Å²) < 4.78 is 6.56. The van der Waals surface area contributed by atoms with Crippen molar-refractivity contribution in [1.29, 1.82) is 0 Å². The highest BCUT2D eigenvalue weighted by atomic mass is 16.5. The first kappa shape index (κ1) is 13.6. The molecule has 2 rings (SSSR count). The molecule has 7 heteroatoms. The first-order valence-electron chi connectivity index (χ1n) is 5.80. The van der Waals surface area contributed by atoms with Gasteiger partial charge >= 0.3 is 0 Å². The molecule has 1 heterocycles. The first-order valence-corrected chi connectivity index (χ1v) is 5.80. The first-order chi connectivity index (χ1) is 9.60. The van der Waals surface area contributed by atoms with E-state index in [0.29, 0.717) is 11.3 Å². The topological polar surface area (TPSA) is 88.7 Å². The molecule has 0 radical (unpaired) electrons. The summed E-state index contributed by atoms with van der Waals surface area (Å²) in [5.74, 6) is 0.200. The molecule has 0 aliphatic rings. The van der Waals surface area contributed by atoms with Crippen LogP contribution >= 0.6 is 0 Å². The van der Waals surface area contributed by atoms with Gasteiger partial charge in [-0.25, -0.2) is 5.43 Å². The van der Waals surface area contributed by atoms with Gasteiger partial charge in [0.2, 0.25) is 0 Å². The van der Waals surface area contributed by atoms with Gasteiger partial charge in [0.1, 0.15) is 11.5 Å². The number of hydrogen-bond donors (Lipinski definition) is 2. The van der Waals surface area contributed by atoms with E-state index in [9.17, 15) is 9.90 Å². The fraction of sp³-hybridized carbons (Fsp3) is 0.154. The van der Waals surface area contributed by atoms with Crippen LogP contribution in [-0.2, 0) is 7.05 Å². The number of ether oxygens (including phenoxy) is 1. The number of hydrogen-bond acceptors (Lipinski definition) is 5. The number of nitrogens with zero attached hydrogens (tertiary/aromatic N) is 3. The maximum atomic E-state index is 11.7. The molecule has 2 aromatic rings. The summed E-state index contributed by atoms with van der Waals surface area (Å²) >= 11 is 0. The predicted octanol–water partition coefficient (Wildman–Crippen LogP) is 0.898. The highest BCUT2D eigenvalue weighted by Gasteiger charge is 2.07. The Labute approximate surface area is 115 Å². The molecule has 1 amide bonds. The largest absolute Gasteiger partial charge is 0.507 e. The number of carbonyl (C=O) groups excluding carboxylic acids is 1. The molecule has 0 saturated heterocycles. The Balaban J connectivity index is 2.05. The molecule has 1 aromatic heterocycles. The fourth-order valence-corrected chi connectivity index (χ4v) is 1.52. The van der Waals surface area contributed by atoms with Crippen LogP contribution in [0.2, 0.25) is 0 Å². The standard InChI is InChI=1S/C13H14N4O3/c1-17-6-5-11(16-17)13(19)15-14-8-9-7-10(20-2)3-4-12(9)18/h3-8,18H,1-2H3,(H,15,19). The van der Waals surface area contributed by atoms with Gasteiger partial charge in [-0.3, -0.25) is 9.48 Å². The zero-order valence-corrected chi connectivity index (χ0v) is 11.1. The van der Waals surface area contributed by atoms with Gasteiger partial charge in [-0.2, -0.15) is 10.2 Å². The molecule has 7 nitrogen and oxygen atoms in total. The minimum Gasteiger partial charge on any atom is -0.507 e. The Hall–Kier alpha value is -2.83. The average Bonchev–Trinajstić information content (AvgIpc) is 2.87. The van der Waals surface area contributed by atoms with Crippen LogP contribution < -0.4 is 10.2 Å². The van der Waals surface area contributed by atoms with Crippen LogP contribution in [0.1, 0.15) is 16.1 Å². The number of rotatable bonds is 4. The van der Waals surface area contributed by atoms with Gasteiger partial charge in [0.25, 0.3) is 5.91 Å². The van der Waals surface area contributed by atoms with E-state index in [1.165, 1.54) is 24.1 Å². The predicted molar refractivity (Wildman–Crippen MR) is 72.9 cm³/mol. The smallest absolute Gasteiger partial charge is 0.291 e. The minimum atomic E-state index is -0.427. The van der Waals surface area contributed by atoms with Crippen molar-refractivity contribution in [1.82, 2.24) is 15.2 Å². The maximum Gasteiger partial charge on any atom is 0.291 e. The highest BCUT2D eigenvalue weighted by Crippen LogP contribution is 2.20. The number of carbonyl (C=O) groups is 1. The molecule has 1 aromatic carbocycles. The van der Waals surface area contributed by atoms with Crippen molar-refractivity contribution in [2.45, 2.75) is 0 Å². The normalized spacial score (nSPS) is 10.7. The molecule has 0 saturated carbocycles. The van der Waals surface area contributed by atoms with E-state index in [2.05, 4.69) is 15.6 Å². The second kappa shape index (κ2) is 5.87. The van der Waals surface area contributed by atoms with Gasteiger partial charge in [-0.05, 0) is 24.3 Å². The lowest BCUT2D eigenvalue weighted by molar-refractivity contribution is 0.0949. The van der Waals surface area contributed by atoms with Crippen LogP contribution in [0.5, 0.6) is 11.5 Å². The number of benzene rings is 1. The SMILES string of the molecule is COc1ccc(O)c(C=NNC(=O)c2ccn(C)n2)c1. The minimum absolute atomic E-state index is 0.0432. The third-order valence-corrected chi connectivity index (χ3v) is 2.55. The number of phenolic OH excluding ortho intramolecular Hbond substituents is 1.